The Hall–Kier alpha value is -4.23. The number of aliphatic hydroxyl groups excluding tert-OH is 1. The lowest BCUT2D eigenvalue weighted by Gasteiger charge is -2.25. The molecule has 0 radical (unpaired) electrons. The number of fused-ring (bicyclic) bond motifs is 1. The Kier molecular flexibility index (Phi) is 6.17. The molecule has 3 aromatic carbocycles. The Balaban J connectivity index is 1.84. The van der Waals surface area contributed by atoms with Gasteiger partial charge in [-0.2, -0.15) is 0 Å². The van der Waals surface area contributed by atoms with Gasteiger partial charge in [0.05, 0.1) is 36.4 Å². The maximum absolute atomic E-state index is 13.6. The van der Waals surface area contributed by atoms with E-state index < -0.39 is 17.7 Å². The molecule has 1 aliphatic rings. The minimum absolute atomic E-state index is 0.0517. The fraction of sp³-hybridized carbons (Fsp3) is 0.172. The number of para-hydroxylation sites is 1. The molecule has 1 aliphatic heterocycles. The van der Waals surface area contributed by atoms with Crippen LogP contribution in [0.4, 0.5) is 5.69 Å². The van der Waals surface area contributed by atoms with Gasteiger partial charge in [0, 0.05) is 41.5 Å². The molecule has 1 saturated heterocycles. The van der Waals surface area contributed by atoms with Crippen LogP contribution in [0.1, 0.15) is 22.7 Å². The summed E-state index contributed by atoms with van der Waals surface area (Å²) in [4.78, 5) is 28.6. The molecule has 1 fully saturated rings. The zero-order valence-electron chi connectivity index (χ0n) is 20.8. The molecule has 1 atom stereocenters. The van der Waals surface area contributed by atoms with Crippen molar-refractivity contribution in [1.82, 2.24) is 4.57 Å². The normalized spacial score (nSPS) is 17.0. The predicted octanol–water partition coefficient (Wildman–Crippen LogP) is 5.78. The number of halogens is 1. The summed E-state index contributed by atoms with van der Waals surface area (Å²) in [5, 5.41) is 12.8. The Morgan fingerprint density at radius 2 is 1.76 bits per heavy atom. The minimum Gasteiger partial charge on any atom is -0.507 e. The van der Waals surface area contributed by atoms with E-state index in [1.165, 1.54) is 19.1 Å². The lowest BCUT2D eigenvalue weighted by molar-refractivity contribution is -0.132. The van der Waals surface area contributed by atoms with Crippen molar-refractivity contribution in [2.24, 2.45) is 7.05 Å². The van der Waals surface area contributed by atoms with E-state index >= 15 is 0 Å². The van der Waals surface area contributed by atoms with E-state index in [0.717, 1.165) is 16.5 Å². The number of ketones is 1. The molecule has 1 aromatic heterocycles. The van der Waals surface area contributed by atoms with Crippen LogP contribution in [0.3, 0.4) is 0 Å². The van der Waals surface area contributed by atoms with E-state index in [9.17, 15) is 14.7 Å². The molecular formula is C29H25ClN2O5. The van der Waals surface area contributed by atoms with E-state index in [1.54, 1.807) is 36.4 Å². The molecule has 4 aromatic rings. The third-order valence-electron chi connectivity index (χ3n) is 6.65. The summed E-state index contributed by atoms with van der Waals surface area (Å²) in [6.07, 6.45) is 1.88. The fourth-order valence-electron chi connectivity index (χ4n) is 5.00. The van der Waals surface area contributed by atoms with Crippen molar-refractivity contribution in [1.29, 1.82) is 0 Å². The number of amides is 1. The van der Waals surface area contributed by atoms with Gasteiger partial charge in [-0.1, -0.05) is 35.9 Å². The number of aryl methyl sites for hydroxylation is 2. The highest BCUT2D eigenvalue weighted by Gasteiger charge is 2.48. The summed E-state index contributed by atoms with van der Waals surface area (Å²) >= 11 is 6.41. The van der Waals surface area contributed by atoms with Gasteiger partial charge in [0.15, 0.2) is 0 Å². The second-order valence-corrected chi connectivity index (χ2v) is 9.32. The molecule has 7 nitrogen and oxygen atoms in total. The van der Waals surface area contributed by atoms with Crippen LogP contribution in [-0.2, 0) is 16.6 Å². The number of benzene rings is 3. The highest BCUT2D eigenvalue weighted by Crippen LogP contribution is 2.46. The lowest BCUT2D eigenvalue weighted by atomic mass is 9.94. The number of nitrogens with zero attached hydrogens (tertiary/aromatic N) is 2. The zero-order chi connectivity index (χ0) is 26.4. The molecule has 0 bridgehead atoms. The van der Waals surface area contributed by atoms with E-state index in [0.29, 0.717) is 17.0 Å². The molecule has 0 aliphatic carbocycles. The van der Waals surface area contributed by atoms with Gasteiger partial charge in [-0.25, -0.2) is 0 Å². The first-order valence-electron chi connectivity index (χ1n) is 11.6. The largest absolute Gasteiger partial charge is 0.507 e. The molecule has 1 amide bonds. The van der Waals surface area contributed by atoms with Gasteiger partial charge < -0.3 is 19.1 Å². The van der Waals surface area contributed by atoms with Crippen molar-refractivity contribution >= 4 is 45.6 Å². The molecule has 2 heterocycles. The number of anilines is 1. The number of hydrogen-bond acceptors (Lipinski definition) is 5. The van der Waals surface area contributed by atoms with Crippen LogP contribution >= 0.6 is 11.6 Å². The van der Waals surface area contributed by atoms with Crippen LogP contribution in [0.5, 0.6) is 11.5 Å². The van der Waals surface area contributed by atoms with Crippen LogP contribution in [0.25, 0.3) is 16.7 Å². The highest BCUT2D eigenvalue weighted by molar-refractivity contribution is 6.52. The Bertz CT molecular complexity index is 1600. The van der Waals surface area contributed by atoms with Gasteiger partial charge in [-0.15, -0.1) is 0 Å². The van der Waals surface area contributed by atoms with E-state index in [2.05, 4.69) is 0 Å². The minimum atomic E-state index is -0.915. The second kappa shape index (κ2) is 9.33. The number of rotatable bonds is 5. The lowest BCUT2D eigenvalue weighted by Crippen LogP contribution is -2.29. The molecule has 0 spiro atoms. The van der Waals surface area contributed by atoms with Gasteiger partial charge in [-0.3, -0.25) is 14.5 Å². The molecule has 5 rings (SSSR count). The first kappa shape index (κ1) is 24.5. The molecule has 1 N–H and O–H groups in total. The summed E-state index contributed by atoms with van der Waals surface area (Å²) in [6, 6.07) is 17.1. The summed E-state index contributed by atoms with van der Waals surface area (Å²) < 4.78 is 12.8. The maximum atomic E-state index is 13.6. The summed E-state index contributed by atoms with van der Waals surface area (Å²) in [7, 11) is 4.86. The number of aliphatic hydroxyl groups is 1. The first-order valence-corrected chi connectivity index (χ1v) is 12.0. The van der Waals surface area contributed by atoms with Crippen LogP contribution in [-0.4, -0.2) is 35.6 Å². The number of ether oxygens (including phenoxy) is 2. The van der Waals surface area contributed by atoms with Gasteiger partial charge >= 0.3 is 0 Å². The molecule has 1 unspecified atom stereocenters. The number of aromatic nitrogens is 1. The van der Waals surface area contributed by atoms with E-state index in [1.807, 2.05) is 49.0 Å². The number of carbonyl (C=O) groups excluding carboxylic acids is 2. The van der Waals surface area contributed by atoms with Gasteiger partial charge in [-0.05, 0) is 42.8 Å². The summed E-state index contributed by atoms with van der Waals surface area (Å²) in [5.74, 6) is -1.18. The Labute approximate surface area is 219 Å². The summed E-state index contributed by atoms with van der Waals surface area (Å²) in [5.41, 5.74) is 3.03. The van der Waals surface area contributed by atoms with Gasteiger partial charge in [0.2, 0.25) is 0 Å². The van der Waals surface area contributed by atoms with Crippen LogP contribution < -0.4 is 14.4 Å². The zero-order valence-corrected chi connectivity index (χ0v) is 21.5. The van der Waals surface area contributed by atoms with Gasteiger partial charge in [0.1, 0.15) is 17.3 Å². The Morgan fingerprint density at radius 3 is 2.49 bits per heavy atom. The highest BCUT2D eigenvalue weighted by atomic mass is 35.5. The van der Waals surface area contributed by atoms with Gasteiger partial charge in [0.25, 0.3) is 11.7 Å². The van der Waals surface area contributed by atoms with E-state index in [4.69, 9.17) is 21.1 Å². The van der Waals surface area contributed by atoms with Crippen molar-refractivity contribution < 1.29 is 24.2 Å². The summed E-state index contributed by atoms with van der Waals surface area (Å²) in [6.45, 7) is 1.82. The molecule has 188 valence electrons. The van der Waals surface area contributed by atoms with Crippen molar-refractivity contribution in [2.45, 2.75) is 13.0 Å². The molecule has 37 heavy (non-hydrogen) atoms. The SMILES string of the molecule is COc1cccc(N2C(=O)C(=O)/C(=C(/O)c3cc(C)cc(Cl)c3OC)C2c2cn(C)c3ccccc23)c1. The maximum Gasteiger partial charge on any atom is 0.300 e. The van der Waals surface area contributed by atoms with Crippen LogP contribution in [0, 0.1) is 6.92 Å². The molecular weight excluding hydrogens is 492 g/mol. The first-order chi connectivity index (χ1) is 17.8. The quantitative estimate of drug-likeness (QED) is 0.206. The second-order valence-electron chi connectivity index (χ2n) is 8.91. The van der Waals surface area contributed by atoms with E-state index in [-0.39, 0.29) is 27.7 Å². The number of Topliss-reactive ketones (excluding diaryl/α,β-unsaturated/α-hetero) is 1. The van der Waals surface area contributed by atoms with Crippen LogP contribution in [0.2, 0.25) is 5.02 Å². The van der Waals surface area contributed by atoms with Crippen molar-refractivity contribution in [2.75, 3.05) is 19.1 Å². The molecule has 8 heteroatoms. The van der Waals surface area contributed by atoms with Crippen LogP contribution in [0.15, 0.2) is 72.4 Å². The predicted molar refractivity (Wildman–Crippen MR) is 143 cm³/mol. The van der Waals surface area contributed by atoms with Crippen molar-refractivity contribution in [3.05, 3.63) is 94.1 Å². The average molecular weight is 517 g/mol. The third kappa shape index (κ3) is 3.92. The number of carbonyl (C=O) groups is 2. The number of methoxy groups -OCH3 is 2. The molecule has 0 saturated carbocycles. The van der Waals surface area contributed by atoms with Crippen molar-refractivity contribution in [3.8, 4) is 11.5 Å². The monoisotopic (exact) mass is 516 g/mol. The Morgan fingerprint density at radius 1 is 1.00 bits per heavy atom. The average Bonchev–Trinajstić information content (AvgIpc) is 3.36. The van der Waals surface area contributed by atoms with Crippen molar-refractivity contribution in [3.63, 3.8) is 0 Å². The standard InChI is InChI=1S/C29H25ClN2O5/c1-16-12-20(28(37-4)22(30)13-16)26(33)24-25(21-15-31(2)23-11-6-5-10-19(21)23)32(29(35)27(24)34)17-8-7-9-18(14-17)36-3/h5-15,25,33H,1-4H3/b26-24+. The fourth-order valence-corrected chi connectivity index (χ4v) is 5.35. The third-order valence-corrected chi connectivity index (χ3v) is 6.93. The number of hydrogen-bond donors (Lipinski definition) is 1. The topological polar surface area (TPSA) is 81.0 Å². The smallest absolute Gasteiger partial charge is 0.300 e.